The van der Waals surface area contributed by atoms with Crippen molar-refractivity contribution in [1.82, 2.24) is 14.9 Å². The second-order valence-corrected chi connectivity index (χ2v) is 9.70. The van der Waals surface area contributed by atoms with Gasteiger partial charge in [-0.05, 0) is 31.6 Å². The number of carbonyl (C=O) groups is 2. The largest absolute Gasteiger partial charge is 0.511 e. The molecular formula is C28H29F2N3O7. The number of aliphatic hydroxyl groups excluding tert-OH is 1. The van der Waals surface area contributed by atoms with Crippen molar-refractivity contribution in [2.45, 2.75) is 44.7 Å². The summed E-state index contributed by atoms with van der Waals surface area (Å²) >= 11 is 0. The van der Waals surface area contributed by atoms with Crippen molar-refractivity contribution in [2.75, 3.05) is 20.4 Å². The molecule has 2 aromatic rings. The van der Waals surface area contributed by atoms with Crippen molar-refractivity contribution in [3.8, 4) is 5.75 Å². The third kappa shape index (κ3) is 5.07. The highest BCUT2D eigenvalue weighted by Gasteiger charge is 2.48. The molecule has 5 rings (SSSR count). The fourth-order valence-corrected chi connectivity index (χ4v) is 5.01. The summed E-state index contributed by atoms with van der Waals surface area (Å²) in [5.41, 5.74) is 1.04. The van der Waals surface area contributed by atoms with Crippen molar-refractivity contribution in [2.24, 2.45) is 0 Å². The number of hydrazine groups is 1. The van der Waals surface area contributed by atoms with Crippen LogP contribution in [0.4, 0.5) is 13.6 Å². The molecule has 1 saturated heterocycles. The lowest BCUT2D eigenvalue weighted by molar-refractivity contribution is -0.167. The topological polar surface area (TPSA) is 101 Å². The number of aliphatic hydroxyl groups is 1. The third-order valence-electron chi connectivity index (χ3n) is 6.75. The van der Waals surface area contributed by atoms with Gasteiger partial charge in [0.1, 0.15) is 18.0 Å². The van der Waals surface area contributed by atoms with E-state index >= 15 is 0 Å². The average Bonchev–Trinajstić information content (AvgIpc) is 2.91. The van der Waals surface area contributed by atoms with Crippen LogP contribution in [0.3, 0.4) is 0 Å². The summed E-state index contributed by atoms with van der Waals surface area (Å²) in [7, 11) is 1.60. The Labute approximate surface area is 229 Å². The lowest BCUT2D eigenvalue weighted by atomic mass is 9.94. The molecule has 0 aromatic heterocycles. The molecule has 3 atom stereocenters. The van der Waals surface area contributed by atoms with Crippen LogP contribution >= 0.6 is 0 Å². The van der Waals surface area contributed by atoms with Gasteiger partial charge in [0, 0.05) is 31.3 Å². The molecular weight excluding hydrogens is 528 g/mol. The van der Waals surface area contributed by atoms with Gasteiger partial charge in [-0.15, -0.1) is 0 Å². The number of hydrogen-bond acceptors (Lipinski definition) is 9. The fourth-order valence-electron chi connectivity index (χ4n) is 5.01. The number of ether oxygens (including phenoxy) is 4. The predicted molar refractivity (Wildman–Crippen MR) is 136 cm³/mol. The quantitative estimate of drug-likeness (QED) is 0.435. The van der Waals surface area contributed by atoms with Gasteiger partial charge in [0.05, 0.1) is 18.8 Å². The summed E-state index contributed by atoms with van der Waals surface area (Å²) in [6, 6.07) is 10.5. The van der Waals surface area contributed by atoms with Crippen LogP contribution in [0.2, 0.25) is 0 Å². The van der Waals surface area contributed by atoms with Crippen molar-refractivity contribution in [1.29, 1.82) is 0 Å². The molecule has 0 radical (unpaired) electrons. The zero-order valence-corrected chi connectivity index (χ0v) is 22.1. The van der Waals surface area contributed by atoms with Crippen LogP contribution in [0.1, 0.15) is 37.4 Å². The first-order chi connectivity index (χ1) is 19.2. The summed E-state index contributed by atoms with van der Waals surface area (Å²) in [6.45, 7) is 2.81. The van der Waals surface area contributed by atoms with E-state index in [9.17, 15) is 23.5 Å². The molecule has 0 spiro atoms. The molecule has 12 heteroatoms. The first-order valence-corrected chi connectivity index (χ1v) is 12.8. The number of nitrogens with zero attached hydrogens (tertiary/aromatic N) is 3. The van der Waals surface area contributed by atoms with E-state index in [1.807, 2.05) is 35.3 Å². The highest BCUT2D eigenvalue weighted by Crippen LogP contribution is 2.44. The maximum atomic E-state index is 14.7. The summed E-state index contributed by atoms with van der Waals surface area (Å²) in [4.78, 5) is 27.0. The smallest absolute Gasteiger partial charge is 0.493 e. The minimum Gasteiger partial charge on any atom is -0.493 e. The minimum absolute atomic E-state index is 0.0267. The van der Waals surface area contributed by atoms with Crippen molar-refractivity contribution >= 4 is 12.1 Å². The number of benzene rings is 2. The van der Waals surface area contributed by atoms with E-state index in [0.29, 0.717) is 17.5 Å². The highest BCUT2D eigenvalue weighted by molar-refractivity contribution is 5.94. The highest BCUT2D eigenvalue weighted by atomic mass is 19.2. The number of hydrogen-bond donors (Lipinski definition) is 1. The van der Waals surface area contributed by atoms with Gasteiger partial charge >= 0.3 is 6.16 Å². The number of rotatable bonds is 5. The number of fused-ring (bicyclic) bond motifs is 4. The Kier molecular flexibility index (Phi) is 7.63. The van der Waals surface area contributed by atoms with Crippen LogP contribution in [-0.4, -0.2) is 70.9 Å². The second kappa shape index (κ2) is 11.1. The number of halogens is 2. The monoisotopic (exact) mass is 557 g/mol. The number of likely N-dealkylation sites (N-methyl/N-ethyl adjacent to an activating group) is 1. The molecule has 10 nitrogen and oxygen atoms in total. The Bertz CT molecular complexity index is 1350. The lowest BCUT2D eigenvalue weighted by Crippen LogP contribution is -2.64. The van der Waals surface area contributed by atoms with E-state index in [-0.39, 0.29) is 23.8 Å². The van der Waals surface area contributed by atoms with Crippen LogP contribution < -0.4 is 4.74 Å². The summed E-state index contributed by atoms with van der Waals surface area (Å²) in [6.07, 6.45) is -0.0285. The molecule has 0 bridgehead atoms. The van der Waals surface area contributed by atoms with E-state index in [4.69, 9.17) is 18.9 Å². The molecule has 212 valence electrons. The van der Waals surface area contributed by atoms with Gasteiger partial charge in [-0.1, -0.05) is 30.3 Å². The molecule has 1 N–H and O–H groups in total. The molecule has 3 aliphatic rings. The zero-order valence-electron chi connectivity index (χ0n) is 22.1. The van der Waals surface area contributed by atoms with Crippen molar-refractivity contribution < 1.29 is 42.4 Å². The van der Waals surface area contributed by atoms with Crippen molar-refractivity contribution in [3.63, 3.8) is 0 Å². The molecule has 0 saturated carbocycles. The SMILES string of the molecule is CC(C)OC(=O)OCOC1=C2C(=O)N(C)[C@@H]3CCOc4cc(F)c(F)cc4C(c4ccccc4)N3N2C=CC1O. The summed E-state index contributed by atoms with van der Waals surface area (Å²) in [5.74, 6) is -2.53. The van der Waals surface area contributed by atoms with Crippen LogP contribution in [0, 0.1) is 11.6 Å². The third-order valence-corrected chi connectivity index (χ3v) is 6.75. The van der Waals surface area contributed by atoms with Crippen LogP contribution in [0.15, 0.2) is 66.2 Å². The molecule has 0 aliphatic carbocycles. The first-order valence-electron chi connectivity index (χ1n) is 12.8. The standard InChI is InChI=1S/C28H29F2N3O7/c1-16(2)40-28(36)39-15-38-26-21(34)9-11-32-25(26)27(35)31(3)23-10-12-37-22-14-20(30)19(29)13-18(22)24(33(23)32)17-7-5-4-6-8-17/h4-9,11,13-14,16,21,23-24,34H,10,12,15H2,1-3H3/t21?,23-,24?/m0/s1. The van der Waals surface area contributed by atoms with Gasteiger partial charge < -0.3 is 29.0 Å². The molecule has 3 aliphatic heterocycles. The van der Waals surface area contributed by atoms with Gasteiger partial charge in [-0.2, -0.15) is 5.01 Å². The number of amides is 1. The first kappa shape index (κ1) is 27.4. The van der Waals surface area contributed by atoms with Gasteiger partial charge in [0.2, 0.25) is 6.79 Å². The Hall–Kier alpha value is -4.16. The second-order valence-electron chi connectivity index (χ2n) is 9.70. The molecule has 2 unspecified atom stereocenters. The average molecular weight is 558 g/mol. The Morgan fingerprint density at radius 3 is 2.62 bits per heavy atom. The Morgan fingerprint density at radius 1 is 1.18 bits per heavy atom. The predicted octanol–water partition coefficient (Wildman–Crippen LogP) is 3.79. The lowest BCUT2D eigenvalue weighted by Gasteiger charge is -2.53. The summed E-state index contributed by atoms with van der Waals surface area (Å²) < 4.78 is 50.3. The van der Waals surface area contributed by atoms with Crippen LogP contribution in [-0.2, 0) is 19.0 Å². The maximum absolute atomic E-state index is 14.7. The van der Waals surface area contributed by atoms with Gasteiger partial charge in [-0.25, -0.2) is 13.6 Å². The Morgan fingerprint density at radius 2 is 1.90 bits per heavy atom. The van der Waals surface area contributed by atoms with E-state index < -0.39 is 54.9 Å². The van der Waals surface area contributed by atoms with E-state index in [0.717, 1.165) is 12.1 Å². The minimum atomic E-state index is -1.32. The van der Waals surface area contributed by atoms with E-state index in [2.05, 4.69) is 0 Å². The van der Waals surface area contributed by atoms with E-state index in [1.165, 1.54) is 22.2 Å². The molecule has 40 heavy (non-hydrogen) atoms. The van der Waals surface area contributed by atoms with E-state index in [1.54, 1.807) is 20.9 Å². The maximum Gasteiger partial charge on any atom is 0.511 e. The van der Waals surface area contributed by atoms with Crippen molar-refractivity contribution in [3.05, 3.63) is 89.0 Å². The molecule has 2 aromatic carbocycles. The normalized spacial score (nSPS) is 22.6. The number of carbonyl (C=O) groups excluding carboxylic acids is 2. The fraction of sp³-hybridized carbons (Fsp3) is 0.357. The molecule has 3 heterocycles. The van der Waals surface area contributed by atoms with Gasteiger partial charge in [0.15, 0.2) is 23.1 Å². The molecule has 1 amide bonds. The van der Waals surface area contributed by atoms with Gasteiger partial charge in [-0.3, -0.25) is 9.80 Å². The zero-order chi connectivity index (χ0) is 28.6. The molecule has 1 fully saturated rings. The summed E-state index contributed by atoms with van der Waals surface area (Å²) in [5, 5.41) is 14.1. The van der Waals surface area contributed by atoms with Crippen LogP contribution in [0.25, 0.3) is 0 Å². The van der Waals surface area contributed by atoms with Crippen LogP contribution in [0.5, 0.6) is 5.75 Å². The van der Waals surface area contributed by atoms with Gasteiger partial charge in [0.25, 0.3) is 5.91 Å². The Balaban J connectivity index is 1.61.